The fraction of sp³-hybridized carbons (Fsp3) is 0.182. The highest BCUT2D eigenvalue weighted by atomic mass is 16.4. The van der Waals surface area contributed by atoms with Gasteiger partial charge in [-0.3, -0.25) is 0 Å². The molecule has 0 fully saturated rings. The van der Waals surface area contributed by atoms with Crippen LogP contribution in [0.4, 0.5) is 0 Å². The lowest BCUT2D eigenvalue weighted by Gasteiger charge is -2.00. The molecule has 14 heavy (non-hydrogen) atoms. The lowest BCUT2D eigenvalue weighted by molar-refractivity contribution is 0.0697. The summed E-state index contributed by atoms with van der Waals surface area (Å²) in [5, 5.41) is 9.88. The molecule has 0 spiro atoms. The van der Waals surface area contributed by atoms with E-state index < -0.39 is 5.97 Å². The lowest BCUT2D eigenvalue weighted by Crippen LogP contribution is -1.96. The van der Waals surface area contributed by atoms with E-state index in [-0.39, 0.29) is 0 Å². The molecule has 0 aliphatic rings. The van der Waals surface area contributed by atoms with E-state index in [0.29, 0.717) is 5.56 Å². The molecule has 0 bridgehead atoms. The number of rotatable bonds is 1. The van der Waals surface area contributed by atoms with Gasteiger partial charge in [-0.25, -0.2) is 4.79 Å². The lowest BCUT2D eigenvalue weighted by atomic mass is 10.1. The maximum Gasteiger partial charge on any atom is 0.335 e. The monoisotopic (exact) mass is 189 g/mol. The fourth-order valence-corrected chi connectivity index (χ4v) is 1.67. The van der Waals surface area contributed by atoms with E-state index >= 15 is 0 Å². The second-order valence-electron chi connectivity index (χ2n) is 3.49. The van der Waals surface area contributed by atoms with E-state index in [2.05, 4.69) is 4.98 Å². The van der Waals surface area contributed by atoms with Gasteiger partial charge in [0.15, 0.2) is 0 Å². The molecule has 2 rings (SSSR count). The summed E-state index contributed by atoms with van der Waals surface area (Å²) in [5.74, 6) is -0.879. The number of aromatic amines is 1. The number of H-pyrrole nitrogens is 1. The van der Waals surface area contributed by atoms with Crippen molar-refractivity contribution < 1.29 is 9.90 Å². The second kappa shape index (κ2) is 2.87. The molecule has 0 radical (unpaired) electrons. The number of fused-ring (bicyclic) bond motifs is 1. The molecule has 1 aromatic carbocycles. The topological polar surface area (TPSA) is 53.1 Å². The second-order valence-corrected chi connectivity index (χ2v) is 3.49. The molecule has 3 heteroatoms. The number of hydrogen-bond acceptors (Lipinski definition) is 1. The Labute approximate surface area is 81.4 Å². The van der Waals surface area contributed by atoms with Gasteiger partial charge in [-0.1, -0.05) is 0 Å². The van der Waals surface area contributed by atoms with Crippen LogP contribution in [0.25, 0.3) is 10.9 Å². The summed E-state index contributed by atoms with van der Waals surface area (Å²) >= 11 is 0. The Morgan fingerprint density at radius 3 is 2.64 bits per heavy atom. The van der Waals surface area contributed by atoms with E-state index in [1.165, 1.54) is 0 Å². The molecule has 72 valence electrons. The summed E-state index contributed by atoms with van der Waals surface area (Å²) in [6.45, 7) is 3.87. The molecule has 2 N–H and O–H groups in total. The van der Waals surface area contributed by atoms with Crippen LogP contribution in [0.5, 0.6) is 0 Å². The van der Waals surface area contributed by atoms with Gasteiger partial charge in [-0.2, -0.15) is 0 Å². The zero-order chi connectivity index (χ0) is 10.3. The summed E-state index contributed by atoms with van der Waals surface area (Å²) < 4.78 is 0. The highest BCUT2D eigenvalue weighted by molar-refractivity contribution is 5.96. The summed E-state index contributed by atoms with van der Waals surface area (Å²) in [6.07, 6.45) is 1.89. The van der Waals surface area contributed by atoms with Gasteiger partial charge in [0, 0.05) is 17.1 Å². The van der Waals surface area contributed by atoms with Crippen molar-refractivity contribution in [1.29, 1.82) is 0 Å². The standard InChI is InChI=1S/C11H11NO2/c1-6-3-8(11(13)14)4-9-7(2)5-12-10(6)9/h3-5,12H,1-2H3,(H,13,14). The molecule has 0 saturated carbocycles. The zero-order valence-corrected chi connectivity index (χ0v) is 8.09. The van der Waals surface area contributed by atoms with Crippen molar-refractivity contribution in [3.8, 4) is 0 Å². The van der Waals surface area contributed by atoms with Crippen LogP contribution in [0, 0.1) is 13.8 Å². The van der Waals surface area contributed by atoms with Crippen molar-refractivity contribution in [3.63, 3.8) is 0 Å². The first-order chi connectivity index (χ1) is 6.59. The van der Waals surface area contributed by atoms with Crippen LogP contribution >= 0.6 is 0 Å². The average Bonchev–Trinajstić information content (AvgIpc) is 2.48. The maximum atomic E-state index is 10.8. The Hall–Kier alpha value is -1.77. The van der Waals surface area contributed by atoms with Crippen LogP contribution in [0.3, 0.4) is 0 Å². The number of carbonyl (C=O) groups is 1. The Morgan fingerprint density at radius 1 is 1.29 bits per heavy atom. The molecule has 0 aliphatic heterocycles. The van der Waals surface area contributed by atoms with E-state index in [1.54, 1.807) is 12.1 Å². The molecule has 3 nitrogen and oxygen atoms in total. The van der Waals surface area contributed by atoms with Crippen molar-refractivity contribution in [1.82, 2.24) is 4.98 Å². The summed E-state index contributed by atoms with van der Waals surface area (Å²) in [4.78, 5) is 13.9. The summed E-state index contributed by atoms with van der Waals surface area (Å²) in [5.41, 5.74) is 3.41. The Bertz CT molecular complexity index is 511. The number of aromatic carboxylic acids is 1. The number of carboxylic acid groups (broad SMARTS) is 1. The number of nitrogens with one attached hydrogen (secondary N) is 1. The minimum absolute atomic E-state index is 0.345. The molecule has 0 atom stereocenters. The molecular formula is C11H11NO2. The minimum Gasteiger partial charge on any atom is -0.478 e. The molecule has 2 aromatic rings. The first-order valence-electron chi connectivity index (χ1n) is 4.41. The van der Waals surface area contributed by atoms with Gasteiger partial charge >= 0.3 is 5.97 Å². The first-order valence-corrected chi connectivity index (χ1v) is 4.41. The van der Waals surface area contributed by atoms with Crippen molar-refractivity contribution in [2.24, 2.45) is 0 Å². The van der Waals surface area contributed by atoms with Crippen LogP contribution in [-0.4, -0.2) is 16.1 Å². The highest BCUT2D eigenvalue weighted by Gasteiger charge is 2.08. The van der Waals surface area contributed by atoms with E-state index in [4.69, 9.17) is 5.11 Å². The predicted molar refractivity (Wildman–Crippen MR) is 54.7 cm³/mol. The van der Waals surface area contributed by atoms with Crippen LogP contribution in [0.15, 0.2) is 18.3 Å². The SMILES string of the molecule is Cc1c[nH]c2c(C)cc(C(=O)O)cc12. The van der Waals surface area contributed by atoms with Crippen molar-refractivity contribution >= 4 is 16.9 Å². The third-order valence-corrected chi connectivity index (χ3v) is 2.44. The van der Waals surface area contributed by atoms with Crippen LogP contribution in [0.2, 0.25) is 0 Å². The molecule has 0 saturated heterocycles. The Kier molecular flexibility index (Phi) is 1.81. The third kappa shape index (κ3) is 1.18. The van der Waals surface area contributed by atoms with Crippen LogP contribution in [-0.2, 0) is 0 Å². The highest BCUT2D eigenvalue weighted by Crippen LogP contribution is 2.22. The zero-order valence-electron chi connectivity index (χ0n) is 8.09. The number of aryl methyl sites for hydroxylation is 2. The van der Waals surface area contributed by atoms with E-state index in [0.717, 1.165) is 22.0 Å². The smallest absolute Gasteiger partial charge is 0.335 e. The number of carboxylic acids is 1. The van der Waals surface area contributed by atoms with Gasteiger partial charge in [0.2, 0.25) is 0 Å². The van der Waals surface area contributed by atoms with Gasteiger partial charge < -0.3 is 10.1 Å². The fourth-order valence-electron chi connectivity index (χ4n) is 1.67. The molecule has 1 heterocycles. The van der Waals surface area contributed by atoms with Crippen LogP contribution < -0.4 is 0 Å². The molecule has 0 unspecified atom stereocenters. The normalized spacial score (nSPS) is 10.7. The molecule has 1 aromatic heterocycles. The number of hydrogen-bond donors (Lipinski definition) is 2. The van der Waals surface area contributed by atoms with E-state index in [1.807, 2.05) is 20.0 Å². The number of aromatic nitrogens is 1. The Balaban J connectivity index is 2.82. The largest absolute Gasteiger partial charge is 0.478 e. The third-order valence-electron chi connectivity index (χ3n) is 2.44. The van der Waals surface area contributed by atoms with Crippen molar-refractivity contribution in [2.75, 3.05) is 0 Å². The first kappa shape index (κ1) is 8.81. The summed E-state index contributed by atoms with van der Waals surface area (Å²) in [6, 6.07) is 3.39. The molecule has 0 amide bonds. The van der Waals surface area contributed by atoms with Crippen molar-refractivity contribution in [3.05, 3.63) is 35.0 Å². The van der Waals surface area contributed by atoms with Gasteiger partial charge in [0.1, 0.15) is 0 Å². The van der Waals surface area contributed by atoms with Gasteiger partial charge in [-0.05, 0) is 37.1 Å². The quantitative estimate of drug-likeness (QED) is 0.724. The van der Waals surface area contributed by atoms with Gasteiger partial charge in [0.05, 0.1) is 5.56 Å². The molecular weight excluding hydrogens is 178 g/mol. The average molecular weight is 189 g/mol. The van der Waals surface area contributed by atoms with Crippen molar-refractivity contribution in [2.45, 2.75) is 13.8 Å². The Morgan fingerprint density at radius 2 is 2.00 bits per heavy atom. The minimum atomic E-state index is -0.879. The maximum absolute atomic E-state index is 10.8. The van der Waals surface area contributed by atoms with Gasteiger partial charge in [0.25, 0.3) is 0 Å². The number of benzene rings is 1. The predicted octanol–water partition coefficient (Wildman–Crippen LogP) is 2.48. The van der Waals surface area contributed by atoms with Gasteiger partial charge in [-0.15, -0.1) is 0 Å². The molecule has 0 aliphatic carbocycles. The van der Waals surface area contributed by atoms with E-state index in [9.17, 15) is 4.79 Å². The summed E-state index contributed by atoms with van der Waals surface area (Å²) in [7, 11) is 0. The van der Waals surface area contributed by atoms with Crippen LogP contribution in [0.1, 0.15) is 21.5 Å².